The molecule has 2 heterocycles. The Morgan fingerprint density at radius 2 is 1.33 bits per heavy atom. The van der Waals surface area contributed by atoms with Crippen molar-refractivity contribution in [2.45, 2.75) is 37.0 Å². The minimum Gasteiger partial charge on any atom is -0.480 e. The summed E-state index contributed by atoms with van der Waals surface area (Å²) in [6.07, 6.45) is 5.67. The van der Waals surface area contributed by atoms with E-state index in [4.69, 9.17) is 5.73 Å². The van der Waals surface area contributed by atoms with Crippen LogP contribution in [0, 0.1) is 0 Å². The molecule has 4 unspecified atom stereocenters. The van der Waals surface area contributed by atoms with Gasteiger partial charge in [0.1, 0.15) is 18.1 Å². The van der Waals surface area contributed by atoms with E-state index >= 15 is 0 Å². The van der Waals surface area contributed by atoms with Gasteiger partial charge in [0.2, 0.25) is 17.7 Å². The van der Waals surface area contributed by atoms with Crippen LogP contribution in [0.3, 0.4) is 0 Å². The second kappa shape index (κ2) is 12.9. The highest BCUT2D eigenvalue weighted by molar-refractivity contribution is 7.80. The quantitative estimate of drug-likeness (QED) is 0.136. The maximum atomic E-state index is 13.0. The maximum absolute atomic E-state index is 13.0. The van der Waals surface area contributed by atoms with Gasteiger partial charge in [-0.3, -0.25) is 14.4 Å². The summed E-state index contributed by atoms with van der Waals surface area (Å²) in [5, 5.41) is 16.9. The average molecular weight is 499 g/mol. The van der Waals surface area contributed by atoms with Crippen molar-refractivity contribution in [3.8, 4) is 0 Å². The number of hydrogen-bond donors (Lipinski definition) is 9. The largest absolute Gasteiger partial charge is 0.480 e. The van der Waals surface area contributed by atoms with Crippen LogP contribution in [0.25, 0.3) is 0 Å². The van der Waals surface area contributed by atoms with Crippen molar-refractivity contribution in [2.75, 3.05) is 11.5 Å². The molecular formula is C18H26N8O5S2. The van der Waals surface area contributed by atoms with Crippen LogP contribution in [0.4, 0.5) is 0 Å². The van der Waals surface area contributed by atoms with Crippen molar-refractivity contribution in [2.24, 2.45) is 5.73 Å². The zero-order chi connectivity index (χ0) is 24.4. The van der Waals surface area contributed by atoms with E-state index in [2.05, 4.69) is 61.1 Å². The number of aromatic amines is 2. The molecule has 0 spiro atoms. The Hall–Kier alpha value is -3.04. The van der Waals surface area contributed by atoms with E-state index < -0.39 is 47.9 Å². The molecule has 15 heteroatoms. The summed E-state index contributed by atoms with van der Waals surface area (Å²) in [6.45, 7) is 0. The van der Waals surface area contributed by atoms with E-state index in [-0.39, 0.29) is 24.3 Å². The Morgan fingerprint density at radius 1 is 0.848 bits per heavy atom. The van der Waals surface area contributed by atoms with Crippen LogP contribution < -0.4 is 21.7 Å². The lowest BCUT2D eigenvalue weighted by Crippen LogP contribution is -2.58. The Morgan fingerprint density at radius 3 is 1.79 bits per heavy atom. The number of carbonyl (C=O) groups is 4. The second-order valence-electron chi connectivity index (χ2n) is 7.06. The highest BCUT2D eigenvalue weighted by Crippen LogP contribution is 2.04. The Labute approximate surface area is 199 Å². The van der Waals surface area contributed by atoms with Gasteiger partial charge in [0.25, 0.3) is 0 Å². The zero-order valence-electron chi connectivity index (χ0n) is 17.4. The summed E-state index contributed by atoms with van der Waals surface area (Å²) in [7, 11) is 0. The van der Waals surface area contributed by atoms with Gasteiger partial charge < -0.3 is 36.8 Å². The number of hydrogen-bond acceptors (Lipinski definition) is 9. The molecule has 0 fully saturated rings. The van der Waals surface area contributed by atoms with Crippen LogP contribution in [0.2, 0.25) is 0 Å². The molecule has 0 saturated carbocycles. The first kappa shape index (κ1) is 26.2. The summed E-state index contributed by atoms with van der Waals surface area (Å²) < 4.78 is 0. The summed E-state index contributed by atoms with van der Waals surface area (Å²) in [6, 6.07) is -4.44. The number of carboxylic acid groups (broad SMARTS) is 1. The van der Waals surface area contributed by atoms with Crippen molar-refractivity contribution in [3.63, 3.8) is 0 Å². The van der Waals surface area contributed by atoms with Crippen LogP contribution in [-0.2, 0) is 32.0 Å². The van der Waals surface area contributed by atoms with Crippen molar-refractivity contribution < 1.29 is 24.3 Å². The maximum Gasteiger partial charge on any atom is 0.326 e. The molecule has 4 atom stereocenters. The number of imidazole rings is 2. The number of rotatable bonds is 13. The number of carbonyl (C=O) groups excluding carboxylic acids is 3. The Kier molecular flexibility index (Phi) is 10.2. The van der Waals surface area contributed by atoms with Crippen LogP contribution in [-0.4, -0.2) is 84.4 Å². The molecule has 3 amide bonds. The van der Waals surface area contributed by atoms with Crippen molar-refractivity contribution >= 4 is 48.9 Å². The monoisotopic (exact) mass is 498 g/mol. The zero-order valence-corrected chi connectivity index (χ0v) is 19.2. The molecule has 2 rings (SSSR count). The molecule has 0 saturated heterocycles. The number of thiol groups is 2. The SMILES string of the molecule is NC(CS)C(=O)NC(CS)C(=O)NC(Cc1cnc[nH]1)C(=O)NC(Cc1cnc[nH]1)C(=O)O. The molecule has 33 heavy (non-hydrogen) atoms. The molecule has 0 aliphatic heterocycles. The standard InChI is InChI=1S/C18H26N8O5S2/c19-11(5-32)15(27)26-14(6-33)17(29)24-12(1-9-3-20-7-22-9)16(28)25-13(18(30)31)2-10-4-21-8-23-10/h3-4,7-8,11-14,32-33H,1-2,5-6,19H2,(H,20,22)(H,21,23)(H,24,29)(H,25,28)(H,26,27)(H,30,31). The number of amides is 3. The van der Waals surface area contributed by atoms with Crippen molar-refractivity contribution in [1.82, 2.24) is 35.9 Å². The van der Waals surface area contributed by atoms with Gasteiger partial charge in [-0.15, -0.1) is 0 Å². The van der Waals surface area contributed by atoms with Gasteiger partial charge in [0.15, 0.2) is 0 Å². The third-order valence-electron chi connectivity index (χ3n) is 4.55. The van der Waals surface area contributed by atoms with Crippen LogP contribution in [0.5, 0.6) is 0 Å². The minimum absolute atomic E-state index is 0.00262. The predicted molar refractivity (Wildman–Crippen MR) is 124 cm³/mol. The van der Waals surface area contributed by atoms with E-state index in [1.807, 2.05) is 0 Å². The van der Waals surface area contributed by atoms with Gasteiger partial charge in [-0.25, -0.2) is 14.8 Å². The van der Waals surface area contributed by atoms with Crippen LogP contribution in [0.1, 0.15) is 11.4 Å². The highest BCUT2D eigenvalue weighted by Gasteiger charge is 2.30. The van der Waals surface area contributed by atoms with E-state index in [0.717, 1.165) is 0 Å². The first-order valence-corrected chi connectivity index (χ1v) is 11.1. The number of carboxylic acids is 1. The van der Waals surface area contributed by atoms with Gasteiger partial charge in [-0.05, 0) is 0 Å². The van der Waals surface area contributed by atoms with E-state index in [0.29, 0.717) is 11.4 Å². The number of aliphatic carboxylic acids is 1. The second-order valence-corrected chi connectivity index (χ2v) is 7.79. The van der Waals surface area contributed by atoms with Gasteiger partial charge >= 0.3 is 5.97 Å². The summed E-state index contributed by atoms with van der Waals surface area (Å²) in [5.41, 5.74) is 6.65. The van der Waals surface area contributed by atoms with E-state index in [9.17, 15) is 24.3 Å². The molecule has 0 aliphatic rings. The smallest absolute Gasteiger partial charge is 0.326 e. The molecule has 0 aliphatic carbocycles. The molecular weight excluding hydrogens is 472 g/mol. The minimum atomic E-state index is -1.27. The molecule has 2 aromatic rings. The van der Waals surface area contributed by atoms with Crippen LogP contribution in [0.15, 0.2) is 25.0 Å². The molecule has 0 bridgehead atoms. The molecule has 180 valence electrons. The lowest BCUT2D eigenvalue weighted by atomic mass is 10.1. The van der Waals surface area contributed by atoms with Gasteiger partial charge in [0, 0.05) is 48.1 Å². The average Bonchev–Trinajstić information content (AvgIpc) is 3.49. The van der Waals surface area contributed by atoms with Crippen LogP contribution >= 0.6 is 25.3 Å². The summed E-state index contributed by atoms with van der Waals surface area (Å²) in [5.74, 6) is -3.27. The van der Waals surface area contributed by atoms with Crippen molar-refractivity contribution in [3.05, 3.63) is 36.4 Å². The molecule has 2 aromatic heterocycles. The lowest BCUT2D eigenvalue weighted by Gasteiger charge is -2.24. The molecule has 0 aromatic carbocycles. The number of aromatic nitrogens is 4. The topological polar surface area (TPSA) is 208 Å². The van der Waals surface area contributed by atoms with E-state index in [1.165, 1.54) is 25.0 Å². The van der Waals surface area contributed by atoms with Crippen molar-refractivity contribution in [1.29, 1.82) is 0 Å². The third kappa shape index (κ3) is 8.11. The Balaban J connectivity index is 2.13. The number of H-pyrrole nitrogens is 2. The van der Waals surface area contributed by atoms with Gasteiger partial charge in [0.05, 0.1) is 18.7 Å². The third-order valence-corrected chi connectivity index (χ3v) is 5.31. The van der Waals surface area contributed by atoms with Gasteiger partial charge in [-0.1, -0.05) is 0 Å². The fraction of sp³-hybridized carbons (Fsp3) is 0.444. The first-order chi connectivity index (χ1) is 15.7. The molecule has 8 N–H and O–H groups in total. The normalized spacial score (nSPS) is 14.5. The number of nitrogens with one attached hydrogen (secondary N) is 5. The molecule has 0 radical (unpaired) electrons. The fourth-order valence-electron chi connectivity index (χ4n) is 2.74. The summed E-state index contributed by atoms with van der Waals surface area (Å²) in [4.78, 5) is 62.7. The summed E-state index contributed by atoms with van der Waals surface area (Å²) >= 11 is 8.03. The highest BCUT2D eigenvalue weighted by atomic mass is 32.1. The number of nitrogens with two attached hydrogens (primary N) is 1. The predicted octanol–water partition coefficient (Wildman–Crippen LogP) is -2.36. The lowest BCUT2D eigenvalue weighted by molar-refractivity contribution is -0.142. The number of nitrogens with zero attached hydrogens (tertiary/aromatic N) is 2. The Bertz CT molecular complexity index is 924. The molecule has 13 nitrogen and oxygen atoms in total. The first-order valence-electron chi connectivity index (χ1n) is 9.80. The van der Waals surface area contributed by atoms with Gasteiger partial charge in [-0.2, -0.15) is 25.3 Å². The fourth-order valence-corrected chi connectivity index (χ4v) is 3.17. The van der Waals surface area contributed by atoms with E-state index in [1.54, 1.807) is 0 Å².